The summed E-state index contributed by atoms with van der Waals surface area (Å²) in [6.07, 6.45) is 0. The molecule has 56 valence electrons. The van der Waals surface area contributed by atoms with Crippen molar-refractivity contribution in [2.75, 3.05) is 0 Å². The van der Waals surface area contributed by atoms with Crippen molar-refractivity contribution in [1.29, 1.82) is 0 Å². The Kier molecular flexibility index (Phi) is 1.39. The van der Waals surface area contributed by atoms with Crippen LogP contribution in [0, 0.1) is 10.9 Å². The van der Waals surface area contributed by atoms with Crippen molar-refractivity contribution >= 4 is 21.4 Å². The van der Waals surface area contributed by atoms with Crippen molar-refractivity contribution in [2.45, 2.75) is 0 Å². The quantitative estimate of drug-likeness (QED) is 0.569. The largest absolute Gasteiger partial charge is 0.207 e. The molecule has 2 aromatic rings. The van der Waals surface area contributed by atoms with Gasteiger partial charge in [-0.05, 0) is 23.6 Å². The predicted octanol–water partition coefficient (Wildman–Crippen LogP) is 3.18. The molecule has 11 heavy (non-hydrogen) atoms. The van der Waals surface area contributed by atoms with Crippen LogP contribution in [0.4, 0.5) is 8.78 Å². The molecule has 0 saturated heterocycles. The number of hydrogen-bond acceptors (Lipinski definition) is 1. The average Bonchev–Trinajstić information content (AvgIpc) is 2.27. The molecule has 0 saturated carbocycles. The molecule has 0 unspecified atom stereocenters. The zero-order valence-corrected chi connectivity index (χ0v) is 6.29. The molecule has 0 atom stereocenters. The maximum atomic E-state index is 12.5. The summed E-state index contributed by atoms with van der Waals surface area (Å²) in [5, 5.41) is 0.486. The highest BCUT2D eigenvalue weighted by Crippen LogP contribution is 2.24. The lowest BCUT2D eigenvalue weighted by Crippen LogP contribution is -1.68. The second-order valence-corrected chi connectivity index (χ2v) is 3.27. The highest BCUT2D eigenvalue weighted by Gasteiger charge is 2.00. The standard InChI is InChI=1S/C8H4F2S/c9-6-2-1-5-3-8(10)11-7(5)4-6/h1-4H. The van der Waals surface area contributed by atoms with Crippen LogP contribution in [-0.4, -0.2) is 0 Å². The summed E-state index contributed by atoms with van der Waals surface area (Å²) in [5.41, 5.74) is 0. The van der Waals surface area contributed by atoms with Crippen LogP contribution in [0.2, 0.25) is 0 Å². The molecule has 0 bridgehead atoms. The smallest absolute Gasteiger partial charge is 0.177 e. The molecule has 1 aromatic heterocycles. The third-order valence-electron chi connectivity index (χ3n) is 1.45. The number of thiophene rings is 1. The molecular weight excluding hydrogens is 166 g/mol. The van der Waals surface area contributed by atoms with Crippen molar-refractivity contribution in [3.8, 4) is 0 Å². The van der Waals surface area contributed by atoms with Gasteiger partial charge >= 0.3 is 0 Å². The van der Waals surface area contributed by atoms with E-state index in [0.29, 0.717) is 4.70 Å². The van der Waals surface area contributed by atoms with E-state index < -0.39 is 0 Å². The minimum atomic E-state index is -0.320. The highest BCUT2D eigenvalue weighted by atomic mass is 32.1. The van der Waals surface area contributed by atoms with Gasteiger partial charge in [0, 0.05) is 4.70 Å². The summed E-state index contributed by atoms with van der Waals surface area (Å²) in [6, 6.07) is 5.64. The van der Waals surface area contributed by atoms with Crippen molar-refractivity contribution in [2.24, 2.45) is 0 Å². The molecule has 0 aliphatic rings. The SMILES string of the molecule is Fc1ccc2cc(F)sc2c1. The molecule has 0 N–H and O–H groups in total. The third-order valence-corrected chi connectivity index (χ3v) is 2.34. The zero-order valence-electron chi connectivity index (χ0n) is 5.47. The van der Waals surface area contributed by atoms with Crippen LogP contribution in [-0.2, 0) is 0 Å². The van der Waals surface area contributed by atoms with Gasteiger partial charge in [-0.25, -0.2) is 4.39 Å². The number of benzene rings is 1. The van der Waals surface area contributed by atoms with E-state index >= 15 is 0 Å². The van der Waals surface area contributed by atoms with Crippen LogP contribution < -0.4 is 0 Å². The van der Waals surface area contributed by atoms with Crippen molar-refractivity contribution in [1.82, 2.24) is 0 Å². The van der Waals surface area contributed by atoms with Gasteiger partial charge in [0.2, 0.25) is 0 Å². The van der Waals surface area contributed by atoms with Crippen LogP contribution in [0.15, 0.2) is 24.3 Å². The predicted molar refractivity (Wildman–Crippen MR) is 41.7 cm³/mol. The second kappa shape index (κ2) is 2.27. The van der Waals surface area contributed by atoms with Gasteiger partial charge < -0.3 is 0 Å². The Morgan fingerprint density at radius 2 is 1.91 bits per heavy atom. The van der Waals surface area contributed by atoms with Gasteiger partial charge in [0.15, 0.2) is 5.13 Å². The summed E-state index contributed by atoms with van der Waals surface area (Å²) < 4.78 is 25.7. The van der Waals surface area contributed by atoms with E-state index in [1.165, 1.54) is 18.2 Å². The van der Waals surface area contributed by atoms with E-state index in [1.807, 2.05) is 0 Å². The van der Waals surface area contributed by atoms with Gasteiger partial charge in [0.05, 0.1) is 0 Å². The first-order chi connectivity index (χ1) is 5.25. The number of halogens is 2. The maximum Gasteiger partial charge on any atom is 0.177 e. The van der Waals surface area contributed by atoms with Crippen molar-refractivity contribution < 1.29 is 8.78 Å². The first-order valence-electron chi connectivity index (χ1n) is 3.10. The van der Waals surface area contributed by atoms with Gasteiger partial charge in [0.25, 0.3) is 0 Å². The summed E-state index contributed by atoms with van der Waals surface area (Å²) in [5.74, 6) is -0.320. The lowest BCUT2D eigenvalue weighted by atomic mass is 10.3. The number of hydrogen-bond donors (Lipinski definition) is 0. The lowest BCUT2D eigenvalue weighted by molar-refractivity contribution is 0.630. The fourth-order valence-corrected chi connectivity index (χ4v) is 1.78. The molecule has 0 nitrogen and oxygen atoms in total. The Labute approximate surface area is 66.1 Å². The number of fused-ring (bicyclic) bond motifs is 1. The summed E-state index contributed by atoms with van der Waals surface area (Å²) >= 11 is 0.960. The highest BCUT2D eigenvalue weighted by molar-refractivity contribution is 7.17. The van der Waals surface area contributed by atoms with E-state index in [-0.39, 0.29) is 10.9 Å². The van der Waals surface area contributed by atoms with E-state index in [4.69, 9.17) is 0 Å². The fourth-order valence-electron chi connectivity index (χ4n) is 0.973. The topological polar surface area (TPSA) is 0 Å². The summed E-state index contributed by atoms with van der Waals surface area (Å²) in [6.45, 7) is 0. The molecule has 0 aliphatic heterocycles. The minimum absolute atomic E-state index is 0.273. The van der Waals surface area contributed by atoms with Gasteiger partial charge in [-0.3, -0.25) is 0 Å². The molecule has 0 fully saturated rings. The van der Waals surface area contributed by atoms with Gasteiger partial charge in [-0.2, -0.15) is 4.39 Å². The Morgan fingerprint density at radius 3 is 2.73 bits per heavy atom. The molecule has 0 radical (unpaired) electrons. The normalized spacial score (nSPS) is 10.7. The van der Waals surface area contributed by atoms with E-state index in [0.717, 1.165) is 16.7 Å². The fraction of sp³-hybridized carbons (Fsp3) is 0. The lowest BCUT2D eigenvalue weighted by Gasteiger charge is -1.86. The first-order valence-corrected chi connectivity index (χ1v) is 3.92. The number of rotatable bonds is 0. The second-order valence-electron chi connectivity index (χ2n) is 2.23. The van der Waals surface area contributed by atoms with E-state index in [1.54, 1.807) is 6.07 Å². The van der Waals surface area contributed by atoms with Crippen LogP contribution in [0.5, 0.6) is 0 Å². The molecule has 1 heterocycles. The van der Waals surface area contributed by atoms with Crippen molar-refractivity contribution in [3.63, 3.8) is 0 Å². The first kappa shape index (κ1) is 6.73. The summed E-state index contributed by atoms with van der Waals surface area (Å²) in [4.78, 5) is 0. The summed E-state index contributed by atoms with van der Waals surface area (Å²) in [7, 11) is 0. The monoisotopic (exact) mass is 170 g/mol. The maximum absolute atomic E-state index is 12.5. The van der Waals surface area contributed by atoms with Crippen LogP contribution in [0.3, 0.4) is 0 Å². The van der Waals surface area contributed by atoms with Gasteiger partial charge in [-0.1, -0.05) is 6.07 Å². The molecule has 0 aliphatic carbocycles. The Hall–Kier alpha value is -0.960. The van der Waals surface area contributed by atoms with Crippen LogP contribution >= 0.6 is 11.3 Å². The van der Waals surface area contributed by atoms with Gasteiger partial charge in [-0.15, -0.1) is 11.3 Å². The molecule has 3 heteroatoms. The molecule has 0 spiro atoms. The molecule has 0 amide bonds. The molecule has 1 aromatic carbocycles. The van der Waals surface area contributed by atoms with Crippen molar-refractivity contribution in [3.05, 3.63) is 35.2 Å². The van der Waals surface area contributed by atoms with Crippen LogP contribution in [0.1, 0.15) is 0 Å². The van der Waals surface area contributed by atoms with Crippen LogP contribution in [0.25, 0.3) is 10.1 Å². The Bertz CT molecular complexity index is 392. The Balaban J connectivity index is 2.82. The Morgan fingerprint density at radius 1 is 1.09 bits per heavy atom. The molecular formula is C8H4F2S. The van der Waals surface area contributed by atoms with Gasteiger partial charge in [0.1, 0.15) is 5.82 Å². The average molecular weight is 170 g/mol. The third kappa shape index (κ3) is 1.12. The van der Waals surface area contributed by atoms with E-state index in [2.05, 4.69) is 0 Å². The zero-order chi connectivity index (χ0) is 7.84. The molecule has 2 rings (SSSR count). The minimum Gasteiger partial charge on any atom is -0.207 e. The van der Waals surface area contributed by atoms with E-state index in [9.17, 15) is 8.78 Å².